The van der Waals surface area contributed by atoms with Gasteiger partial charge in [-0.1, -0.05) is 0 Å². The topological polar surface area (TPSA) is 81.7 Å². The lowest BCUT2D eigenvalue weighted by atomic mass is 10.2. The first kappa shape index (κ1) is 15.6. The molecular weight excluding hydrogens is 270 g/mol. The molecule has 0 unspecified atom stereocenters. The Balaban J connectivity index is 2.77. The van der Waals surface area contributed by atoms with Crippen LogP contribution in [0.1, 0.15) is 17.3 Å². The van der Waals surface area contributed by atoms with E-state index in [9.17, 15) is 13.2 Å². The van der Waals surface area contributed by atoms with Crippen LogP contribution in [0, 0.1) is 0 Å². The van der Waals surface area contributed by atoms with E-state index in [1.54, 1.807) is 6.92 Å². The molecule has 1 rings (SSSR count). The zero-order valence-electron chi connectivity index (χ0n) is 10.9. The molecule has 19 heavy (non-hydrogen) atoms. The molecule has 0 aliphatic carbocycles. The van der Waals surface area contributed by atoms with Crippen LogP contribution in [0.4, 0.5) is 0 Å². The third-order valence-corrected chi connectivity index (χ3v) is 3.75. The van der Waals surface area contributed by atoms with Crippen molar-refractivity contribution in [3.8, 4) is 0 Å². The summed E-state index contributed by atoms with van der Waals surface area (Å²) in [6, 6.07) is 5.56. The summed E-state index contributed by atoms with van der Waals surface area (Å²) >= 11 is 0. The number of rotatable bonds is 7. The summed E-state index contributed by atoms with van der Waals surface area (Å²) in [7, 11) is -2.08. The van der Waals surface area contributed by atoms with Gasteiger partial charge in [0.2, 0.25) is 10.0 Å². The minimum absolute atomic E-state index is 0.0941. The van der Waals surface area contributed by atoms with E-state index >= 15 is 0 Å². The minimum atomic E-state index is -3.57. The van der Waals surface area contributed by atoms with Crippen molar-refractivity contribution in [2.24, 2.45) is 0 Å². The van der Waals surface area contributed by atoms with Gasteiger partial charge in [-0.3, -0.25) is 0 Å². The minimum Gasteiger partial charge on any atom is -0.462 e. The quantitative estimate of drug-likeness (QED) is 0.592. The number of carbonyl (C=O) groups excluding carboxylic acids is 1. The van der Waals surface area contributed by atoms with E-state index in [-0.39, 0.29) is 18.0 Å². The lowest BCUT2D eigenvalue weighted by Crippen LogP contribution is -2.27. The highest BCUT2D eigenvalue weighted by Crippen LogP contribution is 2.11. The van der Waals surface area contributed by atoms with E-state index in [2.05, 4.69) is 4.72 Å². The van der Waals surface area contributed by atoms with Crippen LogP contribution in [0.2, 0.25) is 0 Å². The summed E-state index contributed by atoms with van der Waals surface area (Å²) < 4.78 is 35.6. The summed E-state index contributed by atoms with van der Waals surface area (Å²) in [6.07, 6.45) is 0. The maximum absolute atomic E-state index is 11.8. The van der Waals surface area contributed by atoms with Crippen molar-refractivity contribution in [3.05, 3.63) is 29.8 Å². The predicted molar refractivity (Wildman–Crippen MR) is 69.5 cm³/mol. The summed E-state index contributed by atoms with van der Waals surface area (Å²) in [5, 5.41) is 0. The van der Waals surface area contributed by atoms with Crippen LogP contribution >= 0.6 is 0 Å². The molecule has 6 nitrogen and oxygen atoms in total. The molecule has 0 saturated carbocycles. The highest BCUT2D eigenvalue weighted by atomic mass is 32.2. The van der Waals surface area contributed by atoms with Crippen molar-refractivity contribution < 1.29 is 22.7 Å². The predicted octanol–water partition coefficient (Wildman–Crippen LogP) is 0.788. The Bertz CT molecular complexity index is 509. The van der Waals surface area contributed by atoms with E-state index in [1.807, 2.05) is 0 Å². The molecule has 0 heterocycles. The van der Waals surface area contributed by atoms with Crippen molar-refractivity contribution >= 4 is 16.0 Å². The van der Waals surface area contributed by atoms with E-state index in [0.29, 0.717) is 12.2 Å². The first-order valence-corrected chi connectivity index (χ1v) is 7.25. The van der Waals surface area contributed by atoms with Gasteiger partial charge in [0.05, 0.1) is 23.7 Å². The number of hydrogen-bond donors (Lipinski definition) is 1. The lowest BCUT2D eigenvalue weighted by molar-refractivity contribution is 0.0526. The Morgan fingerprint density at radius 1 is 1.26 bits per heavy atom. The van der Waals surface area contributed by atoms with Gasteiger partial charge >= 0.3 is 5.97 Å². The Hall–Kier alpha value is -1.44. The summed E-state index contributed by atoms with van der Waals surface area (Å²) in [4.78, 5) is 11.5. The van der Waals surface area contributed by atoms with Crippen LogP contribution in [0.3, 0.4) is 0 Å². The summed E-state index contributed by atoms with van der Waals surface area (Å²) in [5.74, 6) is -0.473. The largest absolute Gasteiger partial charge is 0.462 e. The summed E-state index contributed by atoms with van der Waals surface area (Å²) in [5.41, 5.74) is 0.317. The van der Waals surface area contributed by atoms with Gasteiger partial charge in [-0.15, -0.1) is 0 Å². The Morgan fingerprint density at radius 3 is 2.42 bits per heavy atom. The molecule has 1 N–H and O–H groups in total. The number of esters is 1. The van der Waals surface area contributed by atoms with Crippen LogP contribution in [-0.2, 0) is 19.5 Å². The molecule has 0 aliphatic rings. The number of nitrogens with one attached hydrogen (secondary N) is 1. The first-order chi connectivity index (χ1) is 9.01. The molecule has 7 heteroatoms. The van der Waals surface area contributed by atoms with E-state index in [0.717, 1.165) is 0 Å². The highest BCUT2D eigenvalue weighted by Gasteiger charge is 2.14. The van der Waals surface area contributed by atoms with Gasteiger partial charge in [-0.25, -0.2) is 17.9 Å². The number of sulfonamides is 1. The molecule has 0 amide bonds. The van der Waals surface area contributed by atoms with Gasteiger partial charge in [0, 0.05) is 13.7 Å². The second-order valence-electron chi connectivity index (χ2n) is 3.64. The second kappa shape index (κ2) is 7.22. The van der Waals surface area contributed by atoms with Gasteiger partial charge < -0.3 is 9.47 Å². The zero-order valence-corrected chi connectivity index (χ0v) is 11.7. The molecule has 1 aromatic carbocycles. The standard InChI is InChI=1S/C12H17NO5S/c1-3-18-12(14)10-4-6-11(7-5-10)19(15,16)13-8-9-17-2/h4-7,13H,3,8-9H2,1-2H3. The average Bonchev–Trinajstić information content (AvgIpc) is 2.39. The fraction of sp³-hybridized carbons (Fsp3) is 0.417. The number of methoxy groups -OCH3 is 1. The third-order valence-electron chi connectivity index (χ3n) is 2.27. The second-order valence-corrected chi connectivity index (χ2v) is 5.40. The van der Waals surface area contributed by atoms with Crippen LogP contribution in [0.25, 0.3) is 0 Å². The molecule has 0 aliphatic heterocycles. The van der Waals surface area contributed by atoms with Crippen molar-refractivity contribution in [2.75, 3.05) is 26.9 Å². The van der Waals surface area contributed by atoms with Gasteiger partial charge in [0.25, 0.3) is 0 Å². The first-order valence-electron chi connectivity index (χ1n) is 5.77. The van der Waals surface area contributed by atoms with Crippen LogP contribution in [0.15, 0.2) is 29.2 Å². The van der Waals surface area contributed by atoms with Gasteiger partial charge in [0.15, 0.2) is 0 Å². The summed E-state index contributed by atoms with van der Waals surface area (Å²) in [6.45, 7) is 2.46. The molecule has 106 valence electrons. The van der Waals surface area contributed by atoms with Gasteiger partial charge in [-0.2, -0.15) is 0 Å². The van der Waals surface area contributed by atoms with E-state index in [4.69, 9.17) is 9.47 Å². The van der Waals surface area contributed by atoms with Gasteiger partial charge in [-0.05, 0) is 31.2 Å². The fourth-order valence-corrected chi connectivity index (χ4v) is 2.36. The average molecular weight is 287 g/mol. The van der Waals surface area contributed by atoms with Crippen molar-refractivity contribution in [1.29, 1.82) is 0 Å². The highest BCUT2D eigenvalue weighted by molar-refractivity contribution is 7.89. The molecular formula is C12H17NO5S. The van der Waals surface area contributed by atoms with Crippen LogP contribution in [0.5, 0.6) is 0 Å². The maximum Gasteiger partial charge on any atom is 0.338 e. The van der Waals surface area contributed by atoms with Crippen LogP contribution in [-0.4, -0.2) is 41.3 Å². The molecule has 0 radical (unpaired) electrons. The number of benzene rings is 1. The number of ether oxygens (including phenoxy) is 2. The Kier molecular flexibility index (Phi) is 5.94. The molecule has 0 atom stereocenters. The monoisotopic (exact) mass is 287 g/mol. The van der Waals surface area contributed by atoms with Crippen molar-refractivity contribution in [2.45, 2.75) is 11.8 Å². The molecule has 0 spiro atoms. The third kappa shape index (κ3) is 4.62. The SMILES string of the molecule is CCOC(=O)c1ccc(S(=O)(=O)NCCOC)cc1. The molecule has 0 saturated heterocycles. The molecule has 1 aromatic rings. The number of hydrogen-bond acceptors (Lipinski definition) is 5. The lowest BCUT2D eigenvalue weighted by Gasteiger charge is -2.07. The molecule has 0 fully saturated rings. The van der Waals surface area contributed by atoms with Gasteiger partial charge in [0.1, 0.15) is 0 Å². The van der Waals surface area contributed by atoms with E-state index < -0.39 is 16.0 Å². The van der Waals surface area contributed by atoms with E-state index in [1.165, 1.54) is 31.4 Å². The maximum atomic E-state index is 11.8. The van der Waals surface area contributed by atoms with Crippen LogP contribution < -0.4 is 4.72 Å². The Morgan fingerprint density at radius 2 is 1.89 bits per heavy atom. The fourth-order valence-electron chi connectivity index (χ4n) is 1.35. The number of carbonyl (C=O) groups is 1. The van der Waals surface area contributed by atoms with Crippen molar-refractivity contribution in [1.82, 2.24) is 4.72 Å². The smallest absolute Gasteiger partial charge is 0.338 e. The Labute approximate surface area is 112 Å². The molecule has 0 aromatic heterocycles. The van der Waals surface area contributed by atoms with Crippen molar-refractivity contribution in [3.63, 3.8) is 0 Å². The molecule has 0 bridgehead atoms. The zero-order chi connectivity index (χ0) is 14.3. The normalized spacial score (nSPS) is 11.3.